The first-order valence-electron chi connectivity index (χ1n) is 13.1. The number of imidazole rings is 1. The summed E-state index contributed by atoms with van der Waals surface area (Å²) < 4.78 is 34.6. The zero-order valence-electron chi connectivity index (χ0n) is 22.0. The number of ether oxygens (including phenoxy) is 1. The number of aryl methyl sites for hydroxylation is 1. The number of nitro groups is 1. The van der Waals surface area contributed by atoms with Crippen LogP contribution in [0.15, 0.2) is 76.8 Å². The van der Waals surface area contributed by atoms with Crippen molar-refractivity contribution in [3.8, 4) is 5.75 Å². The van der Waals surface area contributed by atoms with Gasteiger partial charge in [-0.15, -0.1) is 0 Å². The van der Waals surface area contributed by atoms with Crippen molar-refractivity contribution in [3.63, 3.8) is 0 Å². The number of aromatic amines is 1. The Bertz CT molecular complexity index is 1870. The average molecular weight is 575 g/mol. The second kappa shape index (κ2) is 10.3. The van der Waals surface area contributed by atoms with Crippen LogP contribution in [0.5, 0.6) is 5.75 Å². The summed E-state index contributed by atoms with van der Waals surface area (Å²) in [5.74, 6) is 0.904. The standard InChI is InChI=1S/C28H26N6O6S/c1-17-30-24-25(23-15-16-29-26(23)32-27(24)41(38,39)22-5-3-2-4-6-22)33(17)19-9-7-18(8-10-19)31-28(35)40-21-13-11-20(12-14-21)34(36)37/h2-6,11-16,18-19H,7-10H2,1H3,(H,29,32)(H,31,35). The molecule has 0 spiro atoms. The molecule has 0 atom stereocenters. The van der Waals surface area contributed by atoms with E-state index >= 15 is 0 Å². The second-order valence-electron chi connectivity index (χ2n) is 9.99. The molecule has 1 saturated carbocycles. The quantitative estimate of drug-likeness (QED) is 0.206. The molecular weight excluding hydrogens is 548 g/mol. The van der Waals surface area contributed by atoms with Crippen molar-refractivity contribution in [2.45, 2.75) is 54.6 Å². The molecule has 0 bridgehead atoms. The van der Waals surface area contributed by atoms with Crippen LogP contribution in [0, 0.1) is 17.0 Å². The summed E-state index contributed by atoms with van der Waals surface area (Å²) in [6.07, 6.45) is 3.92. The van der Waals surface area contributed by atoms with Crippen LogP contribution in [0.1, 0.15) is 37.5 Å². The number of hydrogen-bond donors (Lipinski definition) is 2. The van der Waals surface area contributed by atoms with Crippen LogP contribution in [0.4, 0.5) is 10.5 Å². The van der Waals surface area contributed by atoms with Gasteiger partial charge in [-0.1, -0.05) is 18.2 Å². The predicted molar refractivity (Wildman–Crippen MR) is 150 cm³/mol. The summed E-state index contributed by atoms with van der Waals surface area (Å²) in [7, 11) is -3.93. The molecule has 5 aromatic rings. The average Bonchev–Trinajstić information content (AvgIpc) is 3.57. The summed E-state index contributed by atoms with van der Waals surface area (Å²) >= 11 is 0. The van der Waals surface area contributed by atoms with Crippen molar-refractivity contribution < 1.29 is 22.9 Å². The van der Waals surface area contributed by atoms with E-state index in [1.54, 1.807) is 36.5 Å². The Morgan fingerprint density at radius 2 is 1.76 bits per heavy atom. The summed E-state index contributed by atoms with van der Waals surface area (Å²) in [6.45, 7) is 1.86. The zero-order chi connectivity index (χ0) is 28.7. The fourth-order valence-electron chi connectivity index (χ4n) is 5.51. The van der Waals surface area contributed by atoms with Crippen LogP contribution >= 0.6 is 0 Å². The third-order valence-electron chi connectivity index (χ3n) is 7.43. The van der Waals surface area contributed by atoms with Gasteiger partial charge in [0.2, 0.25) is 9.84 Å². The number of non-ortho nitro benzene ring substituents is 1. The number of aromatic nitrogens is 4. The van der Waals surface area contributed by atoms with Gasteiger partial charge in [-0.2, -0.15) is 0 Å². The molecule has 0 unspecified atom stereocenters. The highest BCUT2D eigenvalue weighted by atomic mass is 32.2. The van der Waals surface area contributed by atoms with Gasteiger partial charge < -0.3 is 19.6 Å². The summed E-state index contributed by atoms with van der Waals surface area (Å²) in [6, 6.07) is 15.3. The summed E-state index contributed by atoms with van der Waals surface area (Å²) in [5, 5.41) is 14.4. The topological polar surface area (TPSA) is 162 Å². The van der Waals surface area contributed by atoms with Crippen molar-refractivity contribution >= 4 is 43.7 Å². The SMILES string of the molecule is Cc1nc2c(S(=O)(=O)c3ccccc3)nc3[nH]ccc3c2n1C1CCC(NC(=O)Oc2ccc([N+](=O)[O-])cc2)CC1. The monoisotopic (exact) mass is 574 g/mol. The molecule has 12 nitrogen and oxygen atoms in total. The van der Waals surface area contributed by atoms with Gasteiger partial charge in [-0.25, -0.2) is 23.2 Å². The lowest BCUT2D eigenvalue weighted by molar-refractivity contribution is -0.384. The van der Waals surface area contributed by atoms with Crippen molar-refractivity contribution in [1.29, 1.82) is 0 Å². The fraction of sp³-hybridized carbons (Fsp3) is 0.250. The van der Waals surface area contributed by atoms with Crippen molar-refractivity contribution in [1.82, 2.24) is 24.8 Å². The number of H-pyrrole nitrogens is 1. The minimum absolute atomic E-state index is 0.0384. The number of fused-ring (bicyclic) bond motifs is 3. The van der Waals surface area contributed by atoms with Crippen LogP contribution in [0.3, 0.4) is 0 Å². The Balaban J connectivity index is 1.23. The molecular formula is C28H26N6O6S. The van der Waals surface area contributed by atoms with Gasteiger partial charge in [-0.05, 0) is 62.9 Å². The van der Waals surface area contributed by atoms with E-state index in [0.29, 0.717) is 29.8 Å². The van der Waals surface area contributed by atoms with E-state index < -0.39 is 20.9 Å². The van der Waals surface area contributed by atoms with E-state index in [2.05, 4.69) is 19.9 Å². The van der Waals surface area contributed by atoms with Crippen molar-refractivity contribution in [3.05, 3.63) is 82.8 Å². The van der Waals surface area contributed by atoms with E-state index in [1.165, 1.54) is 24.3 Å². The molecule has 2 N–H and O–H groups in total. The van der Waals surface area contributed by atoms with E-state index in [9.17, 15) is 23.3 Å². The third kappa shape index (κ3) is 4.88. The molecule has 1 fully saturated rings. The molecule has 13 heteroatoms. The van der Waals surface area contributed by atoms with Gasteiger partial charge in [-0.3, -0.25) is 10.1 Å². The highest BCUT2D eigenvalue weighted by molar-refractivity contribution is 7.91. The maximum Gasteiger partial charge on any atom is 0.412 e. The number of carbonyl (C=O) groups excluding carboxylic acids is 1. The molecule has 3 heterocycles. The number of nitrogens with zero attached hydrogens (tertiary/aromatic N) is 4. The van der Waals surface area contributed by atoms with Gasteiger partial charge in [0, 0.05) is 35.8 Å². The van der Waals surface area contributed by atoms with Crippen LogP contribution in [-0.2, 0) is 9.84 Å². The third-order valence-corrected chi connectivity index (χ3v) is 9.12. The largest absolute Gasteiger partial charge is 0.412 e. The smallest absolute Gasteiger partial charge is 0.410 e. The molecule has 2 aromatic carbocycles. The zero-order valence-corrected chi connectivity index (χ0v) is 22.8. The van der Waals surface area contributed by atoms with Crippen molar-refractivity contribution in [2.75, 3.05) is 0 Å². The number of carbonyl (C=O) groups is 1. The summed E-state index contributed by atoms with van der Waals surface area (Å²) in [4.78, 5) is 35.2. The molecule has 1 aliphatic rings. The van der Waals surface area contributed by atoms with Crippen LogP contribution < -0.4 is 10.1 Å². The number of hydrogen-bond acceptors (Lipinski definition) is 8. The van der Waals surface area contributed by atoms with Gasteiger partial charge in [0.05, 0.1) is 15.3 Å². The predicted octanol–water partition coefficient (Wildman–Crippen LogP) is 5.23. The molecule has 3 aromatic heterocycles. The lowest BCUT2D eigenvalue weighted by Crippen LogP contribution is -2.39. The molecule has 0 saturated heterocycles. The molecule has 6 rings (SSSR count). The van der Waals surface area contributed by atoms with Crippen LogP contribution in [-0.4, -0.2) is 45.0 Å². The van der Waals surface area contributed by atoms with Gasteiger partial charge >= 0.3 is 6.09 Å². The van der Waals surface area contributed by atoms with Crippen LogP contribution in [0.2, 0.25) is 0 Å². The highest BCUT2D eigenvalue weighted by Crippen LogP contribution is 2.38. The van der Waals surface area contributed by atoms with E-state index in [-0.39, 0.29) is 33.4 Å². The Morgan fingerprint density at radius 3 is 2.44 bits per heavy atom. The Hall–Kier alpha value is -4.78. The Kier molecular flexibility index (Phi) is 6.66. The van der Waals surface area contributed by atoms with E-state index in [0.717, 1.165) is 23.7 Å². The number of pyridine rings is 1. The van der Waals surface area contributed by atoms with E-state index in [1.807, 2.05) is 13.0 Å². The fourth-order valence-corrected chi connectivity index (χ4v) is 6.86. The lowest BCUT2D eigenvalue weighted by Gasteiger charge is -2.30. The molecule has 1 aliphatic carbocycles. The molecule has 210 valence electrons. The number of rotatable bonds is 6. The number of nitrogens with one attached hydrogen (secondary N) is 2. The number of nitro benzene ring substituents is 1. The van der Waals surface area contributed by atoms with Gasteiger partial charge in [0.25, 0.3) is 5.69 Å². The van der Waals surface area contributed by atoms with E-state index in [4.69, 9.17) is 9.72 Å². The molecule has 1 amide bonds. The molecule has 0 radical (unpaired) electrons. The molecule has 41 heavy (non-hydrogen) atoms. The number of amides is 1. The first-order valence-corrected chi connectivity index (χ1v) is 14.6. The first-order chi connectivity index (χ1) is 19.7. The minimum atomic E-state index is -3.93. The molecule has 0 aliphatic heterocycles. The first kappa shape index (κ1) is 26.4. The Morgan fingerprint density at radius 1 is 1.05 bits per heavy atom. The second-order valence-corrected chi connectivity index (χ2v) is 11.9. The van der Waals surface area contributed by atoms with Gasteiger partial charge in [0.1, 0.15) is 22.7 Å². The highest BCUT2D eigenvalue weighted by Gasteiger charge is 2.31. The van der Waals surface area contributed by atoms with Gasteiger partial charge in [0.15, 0.2) is 5.03 Å². The summed E-state index contributed by atoms with van der Waals surface area (Å²) in [5.41, 5.74) is 1.44. The van der Waals surface area contributed by atoms with Crippen LogP contribution in [0.25, 0.3) is 22.1 Å². The lowest BCUT2D eigenvalue weighted by atomic mass is 9.91. The maximum absolute atomic E-state index is 13.6. The number of sulfone groups is 1. The van der Waals surface area contributed by atoms with Crippen molar-refractivity contribution in [2.24, 2.45) is 0 Å². The number of benzene rings is 2. The minimum Gasteiger partial charge on any atom is -0.410 e. The normalized spacial score (nSPS) is 17.5. The maximum atomic E-state index is 13.6. The Labute approximate surface area is 234 Å².